The second-order valence-electron chi connectivity index (χ2n) is 4.49. The minimum atomic E-state index is -1.17. The third-order valence-corrected chi connectivity index (χ3v) is 3.17. The van der Waals surface area contributed by atoms with Gasteiger partial charge in [-0.1, -0.05) is 0 Å². The molecule has 3 N–H and O–H groups in total. The third kappa shape index (κ3) is 2.10. The van der Waals surface area contributed by atoms with Gasteiger partial charge in [-0.05, 0) is 30.3 Å². The molecule has 0 bridgehead atoms. The zero-order chi connectivity index (χ0) is 15.9. The topological polar surface area (TPSA) is 103 Å². The summed E-state index contributed by atoms with van der Waals surface area (Å²) in [6.07, 6.45) is 0. The van der Waals surface area contributed by atoms with Crippen LogP contribution in [0.4, 0.5) is 10.3 Å². The van der Waals surface area contributed by atoms with Crippen LogP contribution in [0.1, 0.15) is 10.5 Å². The van der Waals surface area contributed by atoms with Gasteiger partial charge in [-0.25, -0.2) is 13.7 Å². The highest BCUT2D eigenvalue weighted by atomic mass is 19.1. The van der Waals surface area contributed by atoms with E-state index < -0.39 is 11.8 Å². The van der Waals surface area contributed by atoms with E-state index in [0.29, 0.717) is 16.9 Å². The van der Waals surface area contributed by atoms with Gasteiger partial charge in [-0.15, -0.1) is 5.10 Å². The Bertz CT molecular complexity index is 891. The van der Waals surface area contributed by atoms with Crippen LogP contribution in [-0.2, 0) is 0 Å². The smallest absolute Gasteiger partial charge is 0.354 e. The lowest BCUT2D eigenvalue weighted by molar-refractivity contribution is 0.0687. The number of nitrogens with two attached hydrogens (primary N) is 1. The number of nitrogen functional groups attached to an aromatic ring is 1. The fourth-order valence-electron chi connectivity index (χ4n) is 2.24. The van der Waals surface area contributed by atoms with E-state index in [0.717, 1.165) is 4.52 Å². The van der Waals surface area contributed by atoms with Crippen molar-refractivity contribution < 1.29 is 19.0 Å². The highest BCUT2D eigenvalue weighted by Gasteiger charge is 2.18. The molecule has 3 aromatic rings. The number of aromatic nitrogens is 3. The molecule has 22 heavy (non-hydrogen) atoms. The summed E-state index contributed by atoms with van der Waals surface area (Å²) in [5.41, 5.74) is 6.57. The zero-order valence-electron chi connectivity index (χ0n) is 11.4. The molecule has 1 aromatic carbocycles. The maximum absolute atomic E-state index is 13.6. The average molecular weight is 302 g/mol. The van der Waals surface area contributed by atoms with Gasteiger partial charge in [-0.3, -0.25) is 0 Å². The first-order valence-electron chi connectivity index (χ1n) is 6.23. The Morgan fingerprint density at radius 2 is 2.09 bits per heavy atom. The number of hydrogen-bond donors (Lipinski definition) is 2. The average Bonchev–Trinajstić information content (AvgIpc) is 2.87. The second kappa shape index (κ2) is 4.99. The number of ether oxygens (including phenoxy) is 1. The number of halogens is 1. The van der Waals surface area contributed by atoms with Crippen molar-refractivity contribution in [1.82, 2.24) is 14.6 Å². The van der Waals surface area contributed by atoms with Crippen LogP contribution in [0.15, 0.2) is 30.3 Å². The summed E-state index contributed by atoms with van der Waals surface area (Å²) < 4.78 is 19.9. The molecular formula is C14H11FN4O3. The Labute approximate surface area is 123 Å². The molecule has 0 fully saturated rings. The number of carboxylic acid groups (broad SMARTS) is 1. The largest absolute Gasteiger partial charge is 0.496 e. The standard InChI is InChI=1S/C14H11FN4O3/c1-22-11-5-2-7(15)6-9(11)8-3-4-10(13(20)21)19-12(8)17-14(16)18-19/h2-6H,1H3,(H2,16,18)(H,20,21). The first-order valence-corrected chi connectivity index (χ1v) is 6.23. The molecular weight excluding hydrogens is 291 g/mol. The number of hydrogen-bond acceptors (Lipinski definition) is 5. The van der Waals surface area contributed by atoms with Crippen molar-refractivity contribution in [2.45, 2.75) is 0 Å². The molecule has 2 aromatic heterocycles. The van der Waals surface area contributed by atoms with Crippen molar-refractivity contribution in [2.75, 3.05) is 12.8 Å². The van der Waals surface area contributed by atoms with Crippen LogP contribution in [-0.4, -0.2) is 32.8 Å². The Morgan fingerprint density at radius 1 is 1.32 bits per heavy atom. The molecule has 7 nitrogen and oxygen atoms in total. The number of fused-ring (bicyclic) bond motifs is 1. The van der Waals surface area contributed by atoms with E-state index in [4.69, 9.17) is 10.5 Å². The molecule has 3 rings (SSSR count). The number of carboxylic acids is 1. The summed E-state index contributed by atoms with van der Waals surface area (Å²) >= 11 is 0. The minimum absolute atomic E-state index is 0.0784. The summed E-state index contributed by atoms with van der Waals surface area (Å²) in [5.74, 6) is -1.28. The predicted octanol–water partition coefficient (Wildman–Crippen LogP) is 1.82. The maximum Gasteiger partial charge on any atom is 0.354 e. The Balaban J connectivity index is 2.36. The summed E-state index contributed by atoms with van der Waals surface area (Å²) in [5, 5.41) is 13.1. The first-order chi connectivity index (χ1) is 10.5. The highest BCUT2D eigenvalue weighted by molar-refractivity contribution is 5.90. The van der Waals surface area contributed by atoms with Crippen molar-refractivity contribution in [3.05, 3.63) is 41.8 Å². The van der Waals surface area contributed by atoms with Gasteiger partial charge in [0.1, 0.15) is 11.6 Å². The minimum Gasteiger partial charge on any atom is -0.496 e. The summed E-state index contributed by atoms with van der Waals surface area (Å²) in [6.45, 7) is 0. The van der Waals surface area contributed by atoms with E-state index in [9.17, 15) is 14.3 Å². The Kier molecular flexibility index (Phi) is 3.13. The fraction of sp³-hybridized carbons (Fsp3) is 0.0714. The molecule has 0 spiro atoms. The first kappa shape index (κ1) is 13.8. The van der Waals surface area contributed by atoms with Crippen molar-refractivity contribution in [2.24, 2.45) is 0 Å². The number of aromatic carboxylic acids is 1. The Hall–Kier alpha value is -3.16. The number of methoxy groups -OCH3 is 1. The third-order valence-electron chi connectivity index (χ3n) is 3.17. The predicted molar refractivity (Wildman–Crippen MR) is 76.3 cm³/mol. The number of nitrogens with zero attached hydrogens (tertiary/aromatic N) is 3. The van der Waals surface area contributed by atoms with Gasteiger partial charge >= 0.3 is 5.97 Å². The van der Waals surface area contributed by atoms with E-state index in [1.54, 1.807) is 0 Å². The molecule has 0 aliphatic carbocycles. The van der Waals surface area contributed by atoms with Crippen molar-refractivity contribution in [3.8, 4) is 16.9 Å². The number of pyridine rings is 1. The van der Waals surface area contributed by atoms with Gasteiger partial charge in [0, 0.05) is 11.1 Å². The molecule has 0 aliphatic rings. The van der Waals surface area contributed by atoms with Crippen LogP contribution in [0.5, 0.6) is 5.75 Å². The molecule has 0 unspecified atom stereocenters. The SMILES string of the molecule is COc1ccc(F)cc1-c1ccc(C(=O)O)n2nc(N)nc12. The molecule has 0 amide bonds. The van der Waals surface area contributed by atoms with Gasteiger partial charge in [0.15, 0.2) is 11.3 Å². The normalized spacial score (nSPS) is 10.8. The molecule has 112 valence electrons. The highest BCUT2D eigenvalue weighted by Crippen LogP contribution is 2.33. The fourth-order valence-corrected chi connectivity index (χ4v) is 2.24. The van der Waals surface area contributed by atoms with Crippen LogP contribution in [0.25, 0.3) is 16.8 Å². The van der Waals surface area contributed by atoms with E-state index in [1.165, 1.54) is 37.4 Å². The van der Waals surface area contributed by atoms with Gasteiger partial charge in [0.05, 0.1) is 7.11 Å². The molecule has 2 heterocycles. The van der Waals surface area contributed by atoms with E-state index in [2.05, 4.69) is 10.1 Å². The lowest BCUT2D eigenvalue weighted by Gasteiger charge is -2.10. The summed E-state index contributed by atoms with van der Waals surface area (Å²) in [6, 6.07) is 6.89. The number of carbonyl (C=O) groups is 1. The van der Waals surface area contributed by atoms with Crippen LogP contribution in [0.3, 0.4) is 0 Å². The lowest BCUT2D eigenvalue weighted by atomic mass is 10.1. The molecule has 0 saturated heterocycles. The Morgan fingerprint density at radius 3 is 2.77 bits per heavy atom. The van der Waals surface area contributed by atoms with E-state index in [-0.39, 0.29) is 17.3 Å². The van der Waals surface area contributed by atoms with Gasteiger partial charge in [-0.2, -0.15) is 4.98 Å². The van der Waals surface area contributed by atoms with Crippen LogP contribution in [0.2, 0.25) is 0 Å². The van der Waals surface area contributed by atoms with Crippen LogP contribution >= 0.6 is 0 Å². The van der Waals surface area contributed by atoms with Crippen molar-refractivity contribution >= 4 is 17.6 Å². The van der Waals surface area contributed by atoms with Crippen molar-refractivity contribution in [3.63, 3.8) is 0 Å². The van der Waals surface area contributed by atoms with E-state index >= 15 is 0 Å². The lowest BCUT2D eigenvalue weighted by Crippen LogP contribution is -2.07. The molecule has 0 radical (unpaired) electrons. The number of benzene rings is 1. The summed E-state index contributed by atoms with van der Waals surface area (Å²) in [7, 11) is 1.46. The quantitative estimate of drug-likeness (QED) is 0.765. The molecule has 8 heteroatoms. The summed E-state index contributed by atoms with van der Waals surface area (Å²) in [4.78, 5) is 15.3. The molecule has 0 atom stereocenters. The van der Waals surface area contributed by atoms with Crippen molar-refractivity contribution in [1.29, 1.82) is 0 Å². The maximum atomic E-state index is 13.6. The number of anilines is 1. The molecule has 0 saturated carbocycles. The van der Waals surface area contributed by atoms with Gasteiger partial charge < -0.3 is 15.6 Å². The van der Waals surface area contributed by atoms with E-state index in [1.807, 2.05) is 0 Å². The van der Waals surface area contributed by atoms with Gasteiger partial charge in [0.25, 0.3) is 0 Å². The monoisotopic (exact) mass is 302 g/mol. The van der Waals surface area contributed by atoms with Gasteiger partial charge in [0.2, 0.25) is 5.95 Å². The number of rotatable bonds is 3. The van der Waals surface area contributed by atoms with Crippen LogP contribution < -0.4 is 10.5 Å². The zero-order valence-corrected chi connectivity index (χ0v) is 11.4. The second-order valence-corrected chi connectivity index (χ2v) is 4.49. The molecule has 0 aliphatic heterocycles. The van der Waals surface area contributed by atoms with Crippen LogP contribution in [0, 0.1) is 5.82 Å².